The number of rotatable bonds is 5. The van der Waals surface area contributed by atoms with E-state index in [-0.39, 0.29) is 17.0 Å². The monoisotopic (exact) mass is 343 g/mol. The van der Waals surface area contributed by atoms with Crippen molar-refractivity contribution in [2.24, 2.45) is 0 Å². The smallest absolute Gasteiger partial charge is 0.296 e. The van der Waals surface area contributed by atoms with Gasteiger partial charge in [-0.05, 0) is 0 Å². The lowest BCUT2D eigenvalue weighted by Gasteiger charge is -2.13. The number of aliphatic hydroxyl groups is 1. The van der Waals surface area contributed by atoms with Gasteiger partial charge in [0.25, 0.3) is 11.7 Å². The van der Waals surface area contributed by atoms with Crippen LogP contribution in [-0.2, 0) is 4.79 Å². The first-order valence-electron chi connectivity index (χ1n) is 8.11. The normalized spacial score (nSPS) is 11.4. The molecule has 0 aromatic heterocycles. The van der Waals surface area contributed by atoms with E-state index in [1.54, 1.807) is 78.9 Å². The van der Waals surface area contributed by atoms with Crippen LogP contribution < -0.4 is 5.32 Å². The van der Waals surface area contributed by atoms with Gasteiger partial charge in [0.2, 0.25) is 0 Å². The van der Waals surface area contributed by atoms with Gasteiger partial charge in [-0.15, -0.1) is 0 Å². The molecule has 0 radical (unpaired) electrons. The van der Waals surface area contributed by atoms with E-state index in [2.05, 4.69) is 5.32 Å². The predicted molar refractivity (Wildman–Crippen MR) is 101 cm³/mol. The van der Waals surface area contributed by atoms with E-state index in [0.717, 1.165) is 0 Å². The maximum absolute atomic E-state index is 12.5. The minimum absolute atomic E-state index is 0.106. The standard InChI is InChI=1S/C22H17NO3/c24-20(17-12-6-2-7-13-17)19(16-10-4-1-5-11-16)23-22(26)21(25)18-14-8-3-9-15-18/h1-15,24H,(H,23,26)/b20-19-. The highest BCUT2D eigenvalue weighted by Gasteiger charge is 2.20. The lowest BCUT2D eigenvalue weighted by molar-refractivity contribution is -0.115. The molecule has 0 saturated carbocycles. The minimum atomic E-state index is -0.808. The van der Waals surface area contributed by atoms with Crippen LogP contribution in [-0.4, -0.2) is 16.8 Å². The van der Waals surface area contributed by atoms with Crippen molar-refractivity contribution in [3.05, 3.63) is 108 Å². The molecule has 0 bridgehead atoms. The fraction of sp³-hybridized carbons (Fsp3) is 0. The third-order valence-corrected chi connectivity index (χ3v) is 3.83. The summed E-state index contributed by atoms with van der Waals surface area (Å²) in [4.78, 5) is 24.8. The quantitative estimate of drug-likeness (QED) is 0.318. The number of carbonyl (C=O) groups excluding carboxylic acids is 2. The van der Waals surface area contributed by atoms with Crippen molar-refractivity contribution in [3.63, 3.8) is 0 Å². The van der Waals surface area contributed by atoms with Crippen molar-refractivity contribution in [1.82, 2.24) is 5.32 Å². The largest absolute Gasteiger partial charge is 0.505 e. The number of benzene rings is 3. The lowest BCUT2D eigenvalue weighted by Crippen LogP contribution is -2.30. The van der Waals surface area contributed by atoms with Crippen molar-refractivity contribution in [3.8, 4) is 0 Å². The Morgan fingerprint density at radius 1 is 0.615 bits per heavy atom. The number of amides is 1. The molecule has 128 valence electrons. The average Bonchev–Trinajstić information content (AvgIpc) is 2.72. The summed E-state index contributed by atoms with van der Waals surface area (Å²) in [5.74, 6) is -1.58. The number of hydrogen-bond acceptors (Lipinski definition) is 3. The zero-order chi connectivity index (χ0) is 18.4. The highest BCUT2D eigenvalue weighted by Crippen LogP contribution is 2.22. The van der Waals surface area contributed by atoms with E-state index in [4.69, 9.17) is 0 Å². The summed E-state index contributed by atoms with van der Waals surface area (Å²) in [6.07, 6.45) is 0. The van der Waals surface area contributed by atoms with Crippen molar-refractivity contribution in [2.45, 2.75) is 0 Å². The van der Waals surface area contributed by atoms with Crippen LogP contribution in [0.15, 0.2) is 91.0 Å². The Bertz CT molecular complexity index is 933. The second-order valence-electron chi connectivity index (χ2n) is 5.60. The first-order chi connectivity index (χ1) is 12.7. The number of aliphatic hydroxyl groups excluding tert-OH is 1. The summed E-state index contributed by atoms with van der Waals surface area (Å²) in [5, 5.41) is 13.3. The van der Waals surface area contributed by atoms with Crippen molar-refractivity contribution < 1.29 is 14.7 Å². The van der Waals surface area contributed by atoms with Gasteiger partial charge in [-0.3, -0.25) is 9.59 Å². The fourth-order valence-electron chi connectivity index (χ4n) is 2.50. The molecule has 0 aliphatic rings. The summed E-state index contributed by atoms with van der Waals surface area (Å²) in [6.45, 7) is 0. The molecule has 4 nitrogen and oxygen atoms in total. The van der Waals surface area contributed by atoms with Gasteiger partial charge in [-0.25, -0.2) is 0 Å². The summed E-state index contributed by atoms with van der Waals surface area (Å²) in [6, 6.07) is 26.1. The van der Waals surface area contributed by atoms with E-state index >= 15 is 0 Å². The fourth-order valence-corrected chi connectivity index (χ4v) is 2.50. The van der Waals surface area contributed by atoms with Gasteiger partial charge < -0.3 is 10.4 Å². The van der Waals surface area contributed by atoms with Crippen LogP contribution in [0, 0.1) is 0 Å². The Morgan fingerprint density at radius 3 is 1.54 bits per heavy atom. The Hall–Kier alpha value is -3.66. The van der Waals surface area contributed by atoms with Crippen molar-refractivity contribution >= 4 is 23.1 Å². The van der Waals surface area contributed by atoms with E-state index in [1.807, 2.05) is 12.1 Å². The van der Waals surface area contributed by atoms with Crippen molar-refractivity contribution in [2.75, 3.05) is 0 Å². The molecule has 4 heteroatoms. The van der Waals surface area contributed by atoms with E-state index < -0.39 is 11.7 Å². The molecule has 0 unspecified atom stereocenters. The summed E-state index contributed by atoms with van der Waals surface area (Å²) in [5.41, 5.74) is 1.62. The Labute approximate surface area is 151 Å². The second kappa shape index (κ2) is 7.94. The maximum atomic E-state index is 12.5. The van der Waals surface area contributed by atoms with Gasteiger partial charge >= 0.3 is 0 Å². The Balaban J connectivity index is 1.97. The Kier molecular flexibility index (Phi) is 5.25. The van der Waals surface area contributed by atoms with E-state index in [0.29, 0.717) is 11.1 Å². The maximum Gasteiger partial charge on any atom is 0.296 e. The molecule has 0 heterocycles. The average molecular weight is 343 g/mol. The first-order valence-corrected chi connectivity index (χ1v) is 8.11. The summed E-state index contributed by atoms with van der Waals surface area (Å²) < 4.78 is 0. The summed E-state index contributed by atoms with van der Waals surface area (Å²) in [7, 11) is 0. The topological polar surface area (TPSA) is 66.4 Å². The van der Waals surface area contributed by atoms with Crippen LogP contribution in [0.1, 0.15) is 21.5 Å². The molecule has 3 rings (SSSR count). The van der Waals surface area contributed by atoms with Crippen LogP contribution in [0.5, 0.6) is 0 Å². The van der Waals surface area contributed by atoms with Crippen LogP contribution in [0.2, 0.25) is 0 Å². The number of carbonyl (C=O) groups is 2. The summed E-state index contributed by atoms with van der Waals surface area (Å²) >= 11 is 0. The minimum Gasteiger partial charge on any atom is -0.505 e. The molecule has 3 aromatic rings. The van der Waals surface area contributed by atoms with Gasteiger partial charge in [-0.2, -0.15) is 0 Å². The predicted octanol–water partition coefficient (Wildman–Crippen LogP) is 4.07. The zero-order valence-electron chi connectivity index (χ0n) is 13.9. The third kappa shape index (κ3) is 3.87. The van der Waals surface area contributed by atoms with Gasteiger partial charge in [0, 0.05) is 16.7 Å². The van der Waals surface area contributed by atoms with E-state index in [1.165, 1.54) is 0 Å². The molecule has 0 spiro atoms. The SMILES string of the molecule is O=C(N/C(=C(\O)c1ccccc1)c1ccccc1)C(=O)c1ccccc1. The van der Waals surface area contributed by atoms with Gasteiger partial charge in [0.15, 0.2) is 0 Å². The Morgan fingerprint density at radius 2 is 1.04 bits per heavy atom. The van der Waals surface area contributed by atoms with Crippen LogP contribution in [0.4, 0.5) is 0 Å². The van der Waals surface area contributed by atoms with Gasteiger partial charge in [-0.1, -0.05) is 91.0 Å². The lowest BCUT2D eigenvalue weighted by atomic mass is 10.1. The molecule has 2 N–H and O–H groups in total. The molecule has 0 saturated heterocycles. The van der Waals surface area contributed by atoms with Gasteiger partial charge in [0.05, 0.1) is 5.70 Å². The third-order valence-electron chi connectivity index (χ3n) is 3.83. The number of ketones is 1. The second-order valence-corrected chi connectivity index (χ2v) is 5.60. The van der Waals surface area contributed by atoms with Gasteiger partial charge in [0.1, 0.15) is 5.76 Å². The molecule has 0 atom stereocenters. The molecule has 3 aromatic carbocycles. The molecule has 0 aliphatic carbocycles. The molecule has 0 aliphatic heterocycles. The molecule has 26 heavy (non-hydrogen) atoms. The molecule has 1 amide bonds. The zero-order valence-corrected chi connectivity index (χ0v) is 13.9. The molecule has 0 fully saturated rings. The van der Waals surface area contributed by atoms with Crippen molar-refractivity contribution in [1.29, 1.82) is 0 Å². The van der Waals surface area contributed by atoms with Crippen LogP contribution >= 0.6 is 0 Å². The number of Topliss-reactive ketones (excluding diaryl/α,β-unsaturated/α-hetero) is 1. The van der Waals surface area contributed by atoms with Crippen LogP contribution in [0.3, 0.4) is 0 Å². The highest BCUT2D eigenvalue weighted by atomic mass is 16.3. The molecular weight excluding hydrogens is 326 g/mol. The van der Waals surface area contributed by atoms with Crippen LogP contribution in [0.25, 0.3) is 11.5 Å². The van der Waals surface area contributed by atoms with E-state index in [9.17, 15) is 14.7 Å². The number of hydrogen-bond donors (Lipinski definition) is 2. The highest BCUT2D eigenvalue weighted by molar-refractivity contribution is 6.44. The number of nitrogens with one attached hydrogen (secondary N) is 1. The molecular formula is C22H17NO3. The first kappa shape index (κ1) is 17.2.